The summed E-state index contributed by atoms with van der Waals surface area (Å²) in [7, 11) is 0. The molecule has 3 N–H and O–H groups in total. The van der Waals surface area contributed by atoms with E-state index in [1.54, 1.807) is 24.3 Å². The second-order valence-electron chi connectivity index (χ2n) is 6.45. The van der Waals surface area contributed by atoms with E-state index in [9.17, 15) is 4.79 Å². The van der Waals surface area contributed by atoms with Crippen molar-refractivity contribution in [2.45, 2.75) is 25.4 Å². The average molecular weight is 353 g/mol. The highest BCUT2D eigenvalue weighted by atomic mass is 32.1. The van der Waals surface area contributed by atoms with Crippen LogP contribution in [-0.4, -0.2) is 34.9 Å². The summed E-state index contributed by atoms with van der Waals surface area (Å²) in [5.74, 6) is -0.0315. The van der Waals surface area contributed by atoms with E-state index in [0.29, 0.717) is 10.6 Å². The van der Waals surface area contributed by atoms with E-state index >= 15 is 0 Å². The van der Waals surface area contributed by atoms with Gasteiger partial charge in [0.05, 0.1) is 0 Å². The minimum Gasteiger partial charge on any atom is -0.389 e. The molecule has 0 saturated carbocycles. The lowest BCUT2D eigenvalue weighted by atomic mass is 10.0. The molecule has 0 radical (unpaired) electrons. The Balaban J connectivity index is 1.48. The van der Waals surface area contributed by atoms with Crippen LogP contribution in [0.3, 0.4) is 0 Å². The number of hydrogen-bond donors (Lipinski definition) is 2. The predicted octanol–water partition coefficient (Wildman–Crippen LogP) is 2.72. The van der Waals surface area contributed by atoms with Gasteiger partial charge < -0.3 is 11.1 Å². The first kappa shape index (κ1) is 17.6. The summed E-state index contributed by atoms with van der Waals surface area (Å²) in [6, 6.07) is 17.9. The van der Waals surface area contributed by atoms with Gasteiger partial charge in [-0.2, -0.15) is 0 Å². The van der Waals surface area contributed by atoms with Crippen molar-refractivity contribution in [2.24, 2.45) is 5.73 Å². The quantitative estimate of drug-likeness (QED) is 0.812. The fourth-order valence-corrected chi connectivity index (χ4v) is 3.27. The van der Waals surface area contributed by atoms with Crippen LogP contribution < -0.4 is 11.1 Å². The number of benzene rings is 2. The lowest BCUT2D eigenvalue weighted by Gasteiger charge is -2.32. The van der Waals surface area contributed by atoms with E-state index in [0.717, 1.165) is 38.0 Å². The van der Waals surface area contributed by atoms with Crippen LogP contribution >= 0.6 is 12.2 Å². The van der Waals surface area contributed by atoms with Crippen molar-refractivity contribution in [3.63, 3.8) is 0 Å². The zero-order chi connectivity index (χ0) is 17.6. The maximum atomic E-state index is 12.4. The number of rotatable bonds is 5. The molecule has 130 valence electrons. The van der Waals surface area contributed by atoms with E-state index in [4.69, 9.17) is 18.0 Å². The summed E-state index contributed by atoms with van der Waals surface area (Å²) in [4.78, 5) is 15.2. The molecule has 0 atom stereocenters. The Morgan fingerprint density at radius 1 is 1.04 bits per heavy atom. The highest BCUT2D eigenvalue weighted by Crippen LogP contribution is 2.14. The van der Waals surface area contributed by atoms with Gasteiger partial charge in [-0.25, -0.2) is 0 Å². The molecule has 5 heteroatoms. The molecule has 1 aliphatic rings. The van der Waals surface area contributed by atoms with Crippen LogP contribution in [0.25, 0.3) is 0 Å². The zero-order valence-electron chi connectivity index (χ0n) is 14.2. The third-order valence-corrected chi connectivity index (χ3v) is 4.84. The molecule has 0 unspecified atom stereocenters. The summed E-state index contributed by atoms with van der Waals surface area (Å²) >= 11 is 4.93. The average Bonchev–Trinajstić information content (AvgIpc) is 2.64. The number of nitrogens with one attached hydrogen (secondary N) is 1. The zero-order valence-corrected chi connectivity index (χ0v) is 15.0. The van der Waals surface area contributed by atoms with Gasteiger partial charge in [-0.3, -0.25) is 9.69 Å². The fraction of sp³-hybridized carbons (Fsp3) is 0.300. The van der Waals surface area contributed by atoms with Crippen LogP contribution in [0.5, 0.6) is 0 Å². The molecular weight excluding hydrogens is 330 g/mol. The monoisotopic (exact) mass is 353 g/mol. The van der Waals surface area contributed by atoms with E-state index in [1.807, 2.05) is 6.07 Å². The van der Waals surface area contributed by atoms with Crippen molar-refractivity contribution in [3.8, 4) is 0 Å². The molecule has 0 bridgehead atoms. The molecule has 1 aliphatic heterocycles. The molecule has 2 aromatic carbocycles. The Morgan fingerprint density at radius 2 is 1.64 bits per heavy atom. The van der Waals surface area contributed by atoms with E-state index in [2.05, 4.69) is 34.5 Å². The van der Waals surface area contributed by atoms with E-state index in [1.165, 1.54) is 5.56 Å². The summed E-state index contributed by atoms with van der Waals surface area (Å²) < 4.78 is 0. The summed E-state index contributed by atoms with van der Waals surface area (Å²) in [6.07, 6.45) is 1.95. The van der Waals surface area contributed by atoms with Gasteiger partial charge >= 0.3 is 0 Å². The molecule has 0 spiro atoms. The minimum absolute atomic E-state index is 0.0315. The standard InChI is InChI=1S/C20H23N3OS/c21-19(25)16-6-8-17(9-7-16)20(24)22-18-10-12-23(13-11-18)14-15-4-2-1-3-5-15/h1-9,18H,10-14H2,(H2,21,25)(H,22,24). The molecule has 0 aliphatic carbocycles. The van der Waals surface area contributed by atoms with Crippen molar-refractivity contribution >= 4 is 23.1 Å². The highest BCUT2D eigenvalue weighted by Gasteiger charge is 2.21. The molecule has 3 rings (SSSR count). The van der Waals surface area contributed by atoms with Crippen molar-refractivity contribution in [1.29, 1.82) is 0 Å². The van der Waals surface area contributed by atoms with Crippen molar-refractivity contribution in [1.82, 2.24) is 10.2 Å². The third-order valence-electron chi connectivity index (χ3n) is 4.60. The number of nitrogens with zero attached hydrogens (tertiary/aromatic N) is 1. The Morgan fingerprint density at radius 3 is 2.24 bits per heavy atom. The first-order valence-corrected chi connectivity index (χ1v) is 8.99. The molecule has 1 heterocycles. The second kappa shape index (κ2) is 8.23. The predicted molar refractivity (Wildman–Crippen MR) is 105 cm³/mol. The van der Waals surface area contributed by atoms with E-state index < -0.39 is 0 Å². The number of carbonyl (C=O) groups excluding carboxylic acids is 1. The van der Waals surface area contributed by atoms with Gasteiger partial charge in [0.15, 0.2) is 0 Å². The molecule has 0 aromatic heterocycles. The number of hydrogen-bond acceptors (Lipinski definition) is 3. The largest absolute Gasteiger partial charge is 0.389 e. The molecule has 1 fully saturated rings. The molecule has 1 saturated heterocycles. The van der Waals surface area contributed by atoms with Crippen LogP contribution in [0.4, 0.5) is 0 Å². The summed E-state index contributed by atoms with van der Waals surface area (Å²) in [5, 5.41) is 3.14. The van der Waals surface area contributed by atoms with Crippen LogP contribution in [0.2, 0.25) is 0 Å². The van der Waals surface area contributed by atoms with Gasteiger partial charge in [-0.15, -0.1) is 0 Å². The maximum absolute atomic E-state index is 12.4. The van der Waals surface area contributed by atoms with Gasteiger partial charge in [-0.1, -0.05) is 54.7 Å². The van der Waals surface area contributed by atoms with Crippen LogP contribution in [0, 0.1) is 0 Å². The minimum atomic E-state index is -0.0315. The first-order valence-electron chi connectivity index (χ1n) is 8.59. The molecular formula is C20H23N3OS. The molecule has 1 amide bonds. The SMILES string of the molecule is NC(=S)c1ccc(C(=O)NC2CCN(Cc3ccccc3)CC2)cc1. The lowest BCUT2D eigenvalue weighted by Crippen LogP contribution is -2.44. The Labute approximate surface area is 154 Å². The molecule has 4 nitrogen and oxygen atoms in total. The number of thiocarbonyl (C=S) groups is 1. The Bertz CT molecular complexity index is 722. The maximum Gasteiger partial charge on any atom is 0.251 e. The number of nitrogens with two attached hydrogens (primary N) is 1. The van der Waals surface area contributed by atoms with Crippen molar-refractivity contribution in [2.75, 3.05) is 13.1 Å². The van der Waals surface area contributed by atoms with Crippen molar-refractivity contribution < 1.29 is 4.79 Å². The first-order chi connectivity index (χ1) is 12.1. The van der Waals surface area contributed by atoms with Gasteiger partial charge in [0.2, 0.25) is 0 Å². The third kappa shape index (κ3) is 4.87. The van der Waals surface area contributed by atoms with Gasteiger partial charge in [0.25, 0.3) is 5.91 Å². The summed E-state index contributed by atoms with van der Waals surface area (Å²) in [6.45, 7) is 2.97. The van der Waals surface area contributed by atoms with Crippen LogP contribution in [0.1, 0.15) is 34.3 Å². The van der Waals surface area contributed by atoms with Crippen molar-refractivity contribution in [3.05, 3.63) is 71.3 Å². The topological polar surface area (TPSA) is 58.4 Å². The summed E-state index contributed by atoms with van der Waals surface area (Å²) in [5.41, 5.74) is 8.34. The smallest absolute Gasteiger partial charge is 0.251 e. The Kier molecular flexibility index (Phi) is 5.79. The van der Waals surface area contributed by atoms with Crippen LogP contribution in [0.15, 0.2) is 54.6 Å². The molecule has 25 heavy (non-hydrogen) atoms. The van der Waals surface area contributed by atoms with Gasteiger partial charge in [0, 0.05) is 36.8 Å². The van der Waals surface area contributed by atoms with Crippen LogP contribution in [-0.2, 0) is 6.54 Å². The van der Waals surface area contributed by atoms with Gasteiger partial charge in [0.1, 0.15) is 4.99 Å². The number of amides is 1. The normalized spacial score (nSPS) is 15.7. The second-order valence-corrected chi connectivity index (χ2v) is 6.89. The fourth-order valence-electron chi connectivity index (χ4n) is 3.13. The number of carbonyl (C=O) groups is 1. The highest BCUT2D eigenvalue weighted by molar-refractivity contribution is 7.80. The van der Waals surface area contributed by atoms with Gasteiger partial charge in [-0.05, 0) is 30.5 Å². The lowest BCUT2D eigenvalue weighted by molar-refractivity contribution is 0.0909. The van der Waals surface area contributed by atoms with E-state index in [-0.39, 0.29) is 11.9 Å². The molecule has 2 aromatic rings. The number of likely N-dealkylation sites (tertiary alicyclic amines) is 1. The Hall–Kier alpha value is -2.24. The number of piperidine rings is 1.